The van der Waals surface area contributed by atoms with Gasteiger partial charge in [-0.15, -0.1) is 0 Å². The molecule has 1 fully saturated rings. The van der Waals surface area contributed by atoms with Gasteiger partial charge >= 0.3 is 0 Å². The molecule has 0 aliphatic carbocycles. The number of hydrogen-bond donors (Lipinski definition) is 1. The predicted molar refractivity (Wildman–Crippen MR) is 72.1 cm³/mol. The first-order valence-electron chi connectivity index (χ1n) is 6.69. The van der Waals surface area contributed by atoms with E-state index in [0.717, 1.165) is 13.1 Å². The zero-order chi connectivity index (χ0) is 12.6. The lowest BCUT2D eigenvalue weighted by molar-refractivity contribution is 0.248. The molecule has 5 heteroatoms. The van der Waals surface area contributed by atoms with Crippen LogP contribution < -0.4 is 5.32 Å². The van der Waals surface area contributed by atoms with Gasteiger partial charge in [-0.05, 0) is 25.9 Å². The molecule has 0 radical (unpaired) electrons. The van der Waals surface area contributed by atoms with Crippen molar-refractivity contribution in [1.82, 2.24) is 10.2 Å². The number of rotatable bonds is 6. The Bertz CT molecular complexity index is 283. The molecule has 0 amide bonds. The maximum absolute atomic E-state index is 10.9. The Balaban J connectivity index is 2.04. The average Bonchev–Trinajstić information content (AvgIpc) is 2.18. The number of hydrogen-bond acceptors (Lipinski definition) is 4. The van der Waals surface area contributed by atoms with E-state index in [1.54, 1.807) is 0 Å². The maximum atomic E-state index is 10.9. The van der Waals surface area contributed by atoms with E-state index in [1.807, 2.05) is 0 Å². The molecule has 0 aromatic heterocycles. The lowest BCUT2D eigenvalue weighted by Crippen LogP contribution is -2.35. The number of nitrogens with zero attached hydrogens (tertiary/aromatic N) is 1. The van der Waals surface area contributed by atoms with E-state index < -0.39 is 9.84 Å². The first-order chi connectivity index (χ1) is 8.08. The molecule has 1 heterocycles. The molecule has 1 saturated heterocycles. The summed E-state index contributed by atoms with van der Waals surface area (Å²) in [4.78, 5) is 2.49. The highest BCUT2D eigenvalue weighted by atomic mass is 32.2. The smallest absolute Gasteiger partial charge is 0.148 e. The van der Waals surface area contributed by atoms with Crippen LogP contribution in [0.4, 0.5) is 0 Å². The Morgan fingerprint density at radius 2 is 1.59 bits per heavy atom. The van der Waals surface area contributed by atoms with Gasteiger partial charge in [-0.2, -0.15) is 0 Å². The van der Waals surface area contributed by atoms with Crippen molar-refractivity contribution in [2.45, 2.75) is 32.1 Å². The molecule has 1 N–H and O–H groups in total. The van der Waals surface area contributed by atoms with Crippen molar-refractivity contribution >= 4 is 9.84 Å². The van der Waals surface area contributed by atoms with Gasteiger partial charge in [0.05, 0.1) is 5.75 Å². The van der Waals surface area contributed by atoms with Crippen LogP contribution in [0.2, 0.25) is 0 Å². The van der Waals surface area contributed by atoms with Crippen LogP contribution in [0.5, 0.6) is 0 Å². The Hall–Kier alpha value is -0.130. The zero-order valence-electron chi connectivity index (χ0n) is 11.0. The fraction of sp³-hybridized carbons (Fsp3) is 1.00. The highest BCUT2D eigenvalue weighted by Gasteiger charge is 2.07. The molecule has 17 heavy (non-hydrogen) atoms. The molecule has 0 unspecified atom stereocenters. The highest BCUT2D eigenvalue weighted by Crippen LogP contribution is 2.09. The van der Waals surface area contributed by atoms with Gasteiger partial charge < -0.3 is 10.2 Å². The number of sulfone groups is 1. The van der Waals surface area contributed by atoms with E-state index in [1.165, 1.54) is 51.4 Å². The normalized spacial score (nSPS) is 19.8. The monoisotopic (exact) mass is 262 g/mol. The van der Waals surface area contributed by atoms with Crippen molar-refractivity contribution < 1.29 is 8.42 Å². The standard InChI is InChI=1S/C12H26N2O2S/c1-17(15,16)12-8-13-7-11-14-9-5-3-2-4-6-10-14/h13H,2-12H2,1H3. The van der Waals surface area contributed by atoms with Crippen molar-refractivity contribution in [3.05, 3.63) is 0 Å². The Kier molecular flexibility index (Phi) is 7.08. The molecule has 4 nitrogen and oxygen atoms in total. The van der Waals surface area contributed by atoms with E-state index >= 15 is 0 Å². The van der Waals surface area contributed by atoms with Crippen LogP contribution in [0.15, 0.2) is 0 Å². The van der Waals surface area contributed by atoms with Crippen molar-refractivity contribution in [1.29, 1.82) is 0 Å². The largest absolute Gasteiger partial charge is 0.314 e. The van der Waals surface area contributed by atoms with E-state index in [2.05, 4.69) is 10.2 Å². The summed E-state index contributed by atoms with van der Waals surface area (Å²) in [7, 11) is -2.82. The topological polar surface area (TPSA) is 49.4 Å². The minimum Gasteiger partial charge on any atom is -0.314 e. The summed E-state index contributed by atoms with van der Waals surface area (Å²) in [5.41, 5.74) is 0. The van der Waals surface area contributed by atoms with Gasteiger partial charge in [0.25, 0.3) is 0 Å². The van der Waals surface area contributed by atoms with Crippen molar-refractivity contribution in [3.8, 4) is 0 Å². The first kappa shape index (κ1) is 14.9. The average molecular weight is 262 g/mol. The van der Waals surface area contributed by atoms with Crippen molar-refractivity contribution in [2.75, 3.05) is 44.7 Å². The molecular weight excluding hydrogens is 236 g/mol. The summed E-state index contributed by atoms with van der Waals surface area (Å²) < 4.78 is 21.9. The molecule has 1 aliphatic rings. The second-order valence-corrected chi connectivity index (χ2v) is 7.25. The molecular formula is C12H26N2O2S. The minimum atomic E-state index is -2.82. The SMILES string of the molecule is CS(=O)(=O)CCNCCN1CCCCCCC1. The van der Waals surface area contributed by atoms with E-state index in [9.17, 15) is 8.42 Å². The maximum Gasteiger partial charge on any atom is 0.148 e. The Morgan fingerprint density at radius 3 is 2.18 bits per heavy atom. The Morgan fingerprint density at radius 1 is 1.00 bits per heavy atom. The van der Waals surface area contributed by atoms with Gasteiger partial charge in [-0.3, -0.25) is 0 Å². The number of likely N-dealkylation sites (tertiary alicyclic amines) is 1. The summed E-state index contributed by atoms with van der Waals surface area (Å²) in [6, 6.07) is 0. The van der Waals surface area contributed by atoms with Gasteiger partial charge in [-0.25, -0.2) is 8.42 Å². The quantitative estimate of drug-likeness (QED) is 0.722. The number of nitrogens with one attached hydrogen (secondary N) is 1. The molecule has 102 valence electrons. The molecule has 0 spiro atoms. The molecule has 0 aromatic carbocycles. The Labute approximate surface area is 106 Å². The summed E-state index contributed by atoms with van der Waals surface area (Å²) in [5.74, 6) is 0.243. The van der Waals surface area contributed by atoms with Crippen molar-refractivity contribution in [3.63, 3.8) is 0 Å². The molecule has 0 bridgehead atoms. The lowest BCUT2D eigenvalue weighted by atomic mass is 10.1. The second-order valence-electron chi connectivity index (χ2n) is 4.99. The van der Waals surface area contributed by atoms with Crippen LogP contribution >= 0.6 is 0 Å². The third kappa shape index (κ3) is 8.57. The van der Waals surface area contributed by atoms with Gasteiger partial charge in [0, 0.05) is 25.9 Å². The van der Waals surface area contributed by atoms with Crippen LogP contribution in [0.1, 0.15) is 32.1 Å². The summed E-state index contributed by atoms with van der Waals surface area (Å²) in [6.07, 6.45) is 8.01. The van der Waals surface area contributed by atoms with Gasteiger partial charge in [0.2, 0.25) is 0 Å². The zero-order valence-corrected chi connectivity index (χ0v) is 11.8. The van der Waals surface area contributed by atoms with E-state index in [0.29, 0.717) is 6.54 Å². The summed E-state index contributed by atoms with van der Waals surface area (Å²) in [5, 5.41) is 3.20. The first-order valence-corrected chi connectivity index (χ1v) is 8.75. The predicted octanol–water partition coefficient (Wildman–Crippen LogP) is 0.887. The molecule has 0 aromatic rings. The second kappa shape index (κ2) is 8.06. The van der Waals surface area contributed by atoms with Crippen LogP contribution in [0.25, 0.3) is 0 Å². The molecule has 0 saturated carbocycles. The van der Waals surface area contributed by atoms with Gasteiger partial charge in [0.1, 0.15) is 9.84 Å². The fourth-order valence-electron chi connectivity index (χ4n) is 2.16. The third-order valence-electron chi connectivity index (χ3n) is 3.20. The summed E-state index contributed by atoms with van der Waals surface area (Å²) in [6.45, 7) is 4.92. The van der Waals surface area contributed by atoms with Crippen LogP contribution in [0.3, 0.4) is 0 Å². The molecule has 1 aliphatic heterocycles. The fourth-order valence-corrected chi connectivity index (χ4v) is 2.67. The van der Waals surface area contributed by atoms with Crippen LogP contribution in [-0.4, -0.2) is 58.1 Å². The van der Waals surface area contributed by atoms with E-state index in [-0.39, 0.29) is 5.75 Å². The van der Waals surface area contributed by atoms with E-state index in [4.69, 9.17) is 0 Å². The third-order valence-corrected chi connectivity index (χ3v) is 4.15. The van der Waals surface area contributed by atoms with Crippen LogP contribution in [-0.2, 0) is 9.84 Å². The molecule has 1 rings (SSSR count). The van der Waals surface area contributed by atoms with Crippen LogP contribution in [0, 0.1) is 0 Å². The summed E-state index contributed by atoms with van der Waals surface area (Å²) >= 11 is 0. The molecule has 0 atom stereocenters. The van der Waals surface area contributed by atoms with Crippen molar-refractivity contribution in [2.24, 2.45) is 0 Å². The minimum absolute atomic E-state index is 0.243. The van der Waals surface area contributed by atoms with Gasteiger partial charge in [0.15, 0.2) is 0 Å². The lowest BCUT2D eigenvalue weighted by Gasteiger charge is -2.24. The highest BCUT2D eigenvalue weighted by molar-refractivity contribution is 7.90. The van der Waals surface area contributed by atoms with Gasteiger partial charge in [-0.1, -0.05) is 19.3 Å².